The lowest BCUT2D eigenvalue weighted by atomic mass is 10.2. The Hall–Kier alpha value is -1.33. The molecule has 1 aromatic rings. The van der Waals surface area contributed by atoms with Gasteiger partial charge >= 0.3 is 0 Å². The van der Waals surface area contributed by atoms with Crippen LogP contribution in [0, 0.1) is 0 Å². The Morgan fingerprint density at radius 2 is 2.24 bits per heavy atom. The minimum atomic E-state index is -3.22. The molecular formula is C12H17NO3S. The Balaban J connectivity index is 2.57. The second kappa shape index (κ2) is 6.42. The van der Waals surface area contributed by atoms with Gasteiger partial charge in [0.2, 0.25) is 10.0 Å². The van der Waals surface area contributed by atoms with Crippen molar-refractivity contribution >= 4 is 10.0 Å². The molecule has 0 heterocycles. The fourth-order valence-corrected chi connectivity index (χ4v) is 2.36. The zero-order valence-electron chi connectivity index (χ0n) is 9.85. The van der Waals surface area contributed by atoms with Crippen LogP contribution in [-0.2, 0) is 16.4 Å². The minimum Gasteiger partial charge on any atom is -0.497 e. The highest BCUT2D eigenvalue weighted by molar-refractivity contribution is 7.89. The van der Waals surface area contributed by atoms with E-state index in [0.29, 0.717) is 6.42 Å². The van der Waals surface area contributed by atoms with Gasteiger partial charge in [0, 0.05) is 6.54 Å². The average molecular weight is 255 g/mol. The molecule has 1 rings (SSSR count). The SMILES string of the molecule is C=CCNS(=O)(=O)CCc1cccc(OC)c1. The van der Waals surface area contributed by atoms with Gasteiger partial charge in [-0.25, -0.2) is 13.1 Å². The first-order chi connectivity index (χ1) is 8.07. The smallest absolute Gasteiger partial charge is 0.212 e. The zero-order chi connectivity index (χ0) is 12.7. The second-order valence-corrected chi connectivity index (χ2v) is 5.48. The van der Waals surface area contributed by atoms with Gasteiger partial charge in [-0.05, 0) is 24.1 Å². The van der Waals surface area contributed by atoms with Gasteiger partial charge in [-0.2, -0.15) is 0 Å². The highest BCUT2D eigenvalue weighted by Gasteiger charge is 2.08. The van der Waals surface area contributed by atoms with E-state index in [1.54, 1.807) is 7.11 Å². The molecule has 0 saturated heterocycles. The van der Waals surface area contributed by atoms with Crippen molar-refractivity contribution in [1.82, 2.24) is 4.72 Å². The van der Waals surface area contributed by atoms with Gasteiger partial charge in [0.25, 0.3) is 0 Å². The van der Waals surface area contributed by atoms with Gasteiger partial charge < -0.3 is 4.74 Å². The molecule has 0 aliphatic carbocycles. The van der Waals surface area contributed by atoms with Crippen molar-refractivity contribution in [3.05, 3.63) is 42.5 Å². The first-order valence-corrected chi connectivity index (χ1v) is 6.94. The summed E-state index contributed by atoms with van der Waals surface area (Å²) in [5.74, 6) is 0.799. The number of hydrogen-bond acceptors (Lipinski definition) is 3. The molecule has 0 aliphatic heterocycles. The van der Waals surface area contributed by atoms with E-state index in [2.05, 4.69) is 11.3 Å². The second-order valence-electron chi connectivity index (χ2n) is 3.56. The summed E-state index contributed by atoms with van der Waals surface area (Å²) in [4.78, 5) is 0. The maximum Gasteiger partial charge on any atom is 0.212 e. The van der Waals surface area contributed by atoms with Crippen molar-refractivity contribution in [2.24, 2.45) is 0 Å². The fourth-order valence-electron chi connectivity index (χ4n) is 1.34. The highest BCUT2D eigenvalue weighted by atomic mass is 32.2. The lowest BCUT2D eigenvalue weighted by Gasteiger charge is -2.06. The van der Waals surface area contributed by atoms with E-state index >= 15 is 0 Å². The molecule has 0 unspecified atom stereocenters. The van der Waals surface area contributed by atoms with Crippen molar-refractivity contribution in [3.8, 4) is 5.75 Å². The number of rotatable bonds is 7. The molecule has 5 heteroatoms. The molecule has 1 aromatic carbocycles. The monoisotopic (exact) mass is 255 g/mol. The predicted octanol–water partition coefficient (Wildman–Crippen LogP) is 1.34. The van der Waals surface area contributed by atoms with Crippen LogP contribution in [0.1, 0.15) is 5.56 Å². The van der Waals surface area contributed by atoms with Crippen molar-refractivity contribution in [1.29, 1.82) is 0 Å². The number of methoxy groups -OCH3 is 1. The summed E-state index contributed by atoms with van der Waals surface area (Å²) in [6.07, 6.45) is 1.98. The lowest BCUT2D eigenvalue weighted by Crippen LogP contribution is -2.27. The number of hydrogen-bond donors (Lipinski definition) is 1. The van der Waals surface area contributed by atoms with Crippen LogP contribution >= 0.6 is 0 Å². The summed E-state index contributed by atoms with van der Waals surface area (Å²) < 4.78 is 30.6. The minimum absolute atomic E-state index is 0.0635. The van der Waals surface area contributed by atoms with Crippen molar-refractivity contribution in [2.75, 3.05) is 19.4 Å². The summed E-state index contributed by atoms with van der Waals surface area (Å²) >= 11 is 0. The molecule has 0 radical (unpaired) electrons. The van der Waals surface area contributed by atoms with E-state index in [-0.39, 0.29) is 12.3 Å². The van der Waals surface area contributed by atoms with Gasteiger partial charge in [-0.3, -0.25) is 0 Å². The number of nitrogens with one attached hydrogen (secondary N) is 1. The van der Waals surface area contributed by atoms with Crippen molar-refractivity contribution in [2.45, 2.75) is 6.42 Å². The van der Waals surface area contributed by atoms with Crippen LogP contribution < -0.4 is 9.46 Å². The molecule has 94 valence electrons. The Bertz CT molecular complexity index is 468. The van der Waals surface area contributed by atoms with Gasteiger partial charge in [-0.15, -0.1) is 6.58 Å². The highest BCUT2D eigenvalue weighted by Crippen LogP contribution is 2.13. The third kappa shape index (κ3) is 5.01. The summed E-state index contributed by atoms with van der Waals surface area (Å²) in [6, 6.07) is 7.39. The molecule has 0 aromatic heterocycles. The average Bonchev–Trinajstić information content (AvgIpc) is 2.34. The van der Waals surface area contributed by atoms with Crippen molar-refractivity contribution in [3.63, 3.8) is 0 Å². The fraction of sp³-hybridized carbons (Fsp3) is 0.333. The van der Waals surface area contributed by atoms with Crippen LogP contribution in [0.15, 0.2) is 36.9 Å². The van der Waals surface area contributed by atoms with E-state index in [9.17, 15) is 8.42 Å². The zero-order valence-corrected chi connectivity index (χ0v) is 10.7. The molecule has 4 nitrogen and oxygen atoms in total. The first kappa shape index (κ1) is 13.7. The predicted molar refractivity (Wildman–Crippen MR) is 68.7 cm³/mol. The van der Waals surface area contributed by atoms with Gasteiger partial charge in [-0.1, -0.05) is 18.2 Å². The normalized spacial score (nSPS) is 11.1. The molecule has 0 atom stereocenters. The molecule has 0 aliphatic rings. The van der Waals surface area contributed by atoms with Crippen LogP contribution in [0.2, 0.25) is 0 Å². The van der Waals surface area contributed by atoms with E-state index in [4.69, 9.17) is 4.74 Å². The Labute approximate surface area is 102 Å². The summed E-state index contributed by atoms with van der Waals surface area (Å²) in [7, 11) is -1.64. The van der Waals surface area contributed by atoms with Crippen LogP contribution in [-0.4, -0.2) is 27.8 Å². The largest absolute Gasteiger partial charge is 0.497 e. The Morgan fingerprint density at radius 1 is 1.47 bits per heavy atom. The number of sulfonamides is 1. The quantitative estimate of drug-likeness (QED) is 0.748. The van der Waals surface area contributed by atoms with Gasteiger partial charge in [0.1, 0.15) is 5.75 Å². The third-order valence-electron chi connectivity index (χ3n) is 2.24. The van der Waals surface area contributed by atoms with E-state index in [1.165, 1.54) is 6.08 Å². The molecular weight excluding hydrogens is 238 g/mol. The topological polar surface area (TPSA) is 55.4 Å². The van der Waals surface area contributed by atoms with Crippen molar-refractivity contribution < 1.29 is 13.2 Å². The third-order valence-corrected chi connectivity index (χ3v) is 3.59. The van der Waals surface area contributed by atoms with Crippen LogP contribution in [0.5, 0.6) is 5.75 Å². The molecule has 17 heavy (non-hydrogen) atoms. The van der Waals surface area contributed by atoms with Gasteiger partial charge in [0.05, 0.1) is 12.9 Å². The molecule has 0 fully saturated rings. The molecule has 0 bridgehead atoms. The molecule has 0 saturated carbocycles. The molecule has 0 spiro atoms. The summed E-state index contributed by atoms with van der Waals surface area (Å²) in [5, 5.41) is 0. The van der Waals surface area contributed by atoms with E-state index < -0.39 is 10.0 Å². The Morgan fingerprint density at radius 3 is 2.88 bits per heavy atom. The summed E-state index contributed by atoms with van der Waals surface area (Å²) in [6.45, 7) is 3.73. The van der Waals surface area contributed by atoms with E-state index in [0.717, 1.165) is 11.3 Å². The maximum atomic E-state index is 11.5. The van der Waals surface area contributed by atoms with E-state index in [1.807, 2.05) is 24.3 Å². The maximum absolute atomic E-state index is 11.5. The lowest BCUT2D eigenvalue weighted by molar-refractivity contribution is 0.414. The molecule has 1 N–H and O–H groups in total. The number of ether oxygens (including phenoxy) is 1. The van der Waals surface area contributed by atoms with Crippen LogP contribution in [0.25, 0.3) is 0 Å². The number of aryl methyl sites for hydroxylation is 1. The van der Waals surface area contributed by atoms with Crippen LogP contribution in [0.4, 0.5) is 0 Å². The molecule has 0 amide bonds. The van der Waals surface area contributed by atoms with Gasteiger partial charge in [0.15, 0.2) is 0 Å². The van der Waals surface area contributed by atoms with Crippen LogP contribution in [0.3, 0.4) is 0 Å². The first-order valence-electron chi connectivity index (χ1n) is 5.28. The summed E-state index contributed by atoms with van der Waals surface area (Å²) in [5.41, 5.74) is 0.938. The standard InChI is InChI=1S/C12H17NO3S/c1-3-8-13-17(14,15)9-7-11-5-4-6-12(10-11)16-2/h3-6,10,13H,1,7-9H2,2H3. The Kier molecular flexibility index (Phi) is 5.18. The number of benzene rings is 1.